The minimum absolute atomic E-state index is 0.0262. The van der Waals surface area contributed by atoms with Crippen LogP contribution < -0.4 is 0 Å². The van der Waals surface area contributed by atoms with Crippen molar-refractivity contribution in [2.24, 2.45) is 0 Å². The van der Waals surface area contributed by atoms with Crippen molar-refractivity contribution < 1.29 is 9.18 Å². The number of carbonyl (C=O) groups excluding carboxylic acids is 1. The van der Waals surface area contributed by atoms with Crippen molar-refractivity contribution in [3.8, 4) is 11.1 Å². The van der Waals surface area contributed by atoms with Gasteiger partial charge in [0.25, 0.3) is 0 Å². The van der Waals surface area contributed by atoms with Gasteiger partial charge in [-0.3, -0.25) is 9.78 Å². The van der Waals surface area contributed by atoms with Crippen LogP contribution in [0.25, 0.3) is 22.2 Å². The summed E-state index contributed by atoms with van der Waals surface area (Å²) >= 11 is 0. The molecule has 1 aliphatic heterocycles. The molecule has 3 aromatic rings. The monoisotopic (exact) mass is 309 g/mol. The Bertz CT molecular complexity index is 869. The molecular formula is C18H16FN3O. The summed E-state index contributed by atoms with van der Waals surface area (Å²) in [7, 11) is 0. The topological polar surface area (TPSA) is 38.1 Å². The van der Waals surface area contributed by atoms with Crippen molar-refractivity contribution >= 4 is 16.9 Å². The largest absolute Gasteiger partial charge is 0.341 e. The van der Waals surface area contributed by atoms with E-state index in [4.69, 9.17) is 0 Å². The van der Waals surface area contributed by atoms with Crippen LogP contribution >= 0.6 is 0 Å². The van der Waals surface area contributed by atoms with Gasteiger partial charge in [0.2, 0.25) is 5.91 Å². The highest BCUT2D eigenvalue weighted by molar-refractivity contribution is 5.84. The molecule has 23 heavy (non-hydrogen) atoms. The SMILES string of the molecule is O=C(Cn1cc(F)c2ncc(-c3ccccc3)cc21)N1CCC1. The number of pyridine rings is 1. The standard InChI is InChI=1S/C18H16FN3O/c19-15-11-22(12-17(23)21-7-4-8-21)16-9-14(10-20-18(15)16)13-5-2-1-3-6-13/h1-3,5-6,9-11H,4,7-8,12H2. The van der Waals surface area contributed by atoms with E-state index in [-0.39, 0.29) is 12.5 Å². The van der Waals surface area contributed by atoms with E-state index in [9.17, 15) is 9.18 Å². The number of benzene rings is 1. The van der Waals surface area contributed by atoms with Gasteiger partial charge in [0.1, 0.15) is 12.1 Å². The van der Waals surface area contributed by atoms with E-state index in [2.05, 4.69) is 4.98 Å². The third-order valence-corrected chi connectivity index (χ3v) is 4.29. The van der Waals surface area contributed by atoms with Crippen molar-refractivity contribution in [1.82, 2.24) is 14.5 Å². The van der Waals surface area contributed by atoms with E-state index in [0.717, 1.165) is 30.6 Å². The highest BCUT2D eigenvalue weighted by Gasteiger charge is 2.21. The number of carbonyl (C=O) groups is 1. The molecule has 0 N–H and O–H groups in total. The number of likely N-dealkylation sites (tertiary alicyclic amines) is 1. The third kappa shape index (κ3) is 2.48. The second kappa shape index (κ2) is 5.50. The Labute approximate surface area is 133 Å². The van der Waals surface area contributed by atoms with Crippen LogP contribution in [0.15, 0.2) is 48.8 Å². The van der Waals surface area contributed by atoms with Gasteiger partial charge in [0.05, 0.1) is 5.52 Å². The van der Waals surface area contributed by atoms with E-state index < -0.39 is 5.82 Å². The molecular weight excluding hydrogens is 293 g/mol. The number of rotatable bonds is 3. The van der Waals surface area contributed by atoms with E-state index in [1.54, 1.807) is 15.7 Å². The van der Waals surface area contributed by atoms with Crippen LogP contribution in [0.5, 0.6) is 0 Å². The van der Waals surface area contributed by atoms with Crippen LogP contribution in [0.1, 0.15) is 6.42 Å². The van der Waals surface area contributed by atoms with Crippen molar-refractivity contribution in [3.63, 3.8) is 0 Å². The third-order valence-electron chi connectivity index (χ3n) is 4.29. The zero-order valence-electron chi connectivity index (χ0n) is 12.6. The number of aromatic nitrogens is 2. The van der Waals surface area contributed by atoms with Gasteiger partial charge in [-0.2, -0.15) is 0 Å². The van der Waals surface area contributed by atoms with Gasteiger partial charge in [0, 0.05) is 31.0 Å². The first-order chi connectivity index (χ1) is 11.2. The molecule has 1 amide bonds. The summed E-state index contributed by atoms with van der Waals surface area (Å²) in [6, 6.07) is 11.7. The van der Waals surface area contributed by atoms with Crippen LogP contribution in [0.4, 0.5) is 4.39 Å². The molecule has 1 fully saturated rings. The van der Waals surface area contributed by atoms with Crippen LogP contribution in [0.3, 0.4) is 0 Å². The number of amides is 1. The van der Waals surface area contributed by atoms with Crippen molar-refractivity contribution in [1.29, 1.82) is 0 Å². The molecule has 0 aliphatic carbocycles. The molecule has 0 saturated carbocycles. The molecule has 116 valence electrons. The fourth-order valence-corrected chi connectivity index (χ4v) is 2.85. The molecule has 0 unspecified atom stereocenters. The summed E-state index contributed by atoms with van der Waals surface area (Å²) in [6.07, 6.45) is 4.08. The summed E-state index contributed by atoms with van der Waals surface area (Å²) in [5.41, 5.74) is 2.89. The maximum atomic E-state index is 14.1. The number of hydrogen-bond donors (Lipinski definition) is 0. The van der Waals surface area contributed by atoms with Crippen molar-refractivity contribution in [2.45, 2.75) is 13.0 Å². The van der Waals surface area contributed by atoms with E-state index in [1.807, 2.05) is 36.4 Å². The highest BCUT2D eigenvalue weighted by Crippen LogP contribution is 2.25. The predicted molar refractivity (Wildman–Crippen MR) is 86.3 cm³/mol. The smallest absolute Gasteiger partial charge is 0.242 e. The van der Waals surface area contributed by atoms with Gasteiger partial charge in [0.15, 0.2) is 5.82 Å². The fraction of sp³-hybridized carbons (Fsp3) is 0.222. The second-order valence-corrected chi connectivity index (χ2v) is 5.80. The van der Waals surface area contributed by atoms with E-state index in [0.29, 0.717) is 11.0 Å². The van der Waals surface area contributed by atoms with Gasteiger partial charge in [-0.15, -0.1) is 0 Å². The maximum absolute atomic E-state index is 14.1. The predicted octanol–water partition coefficient (Wildman–Crippen LogP) is 3.07. The number of halogens is 1. The van der Waals surface area contributed by atoms with Crippen LogP contribution in [-0.2, 0) is 11.3 Å². The average molecular weight is 309 g/mol. The minimum atomic E-state index is -0.393. The lowest BCUT2D eigenvalue weighted by molar-refractivity contribution is -0.135. The molecule has 0 bridgehead atoms. The first-order valence-electron chi connectivity index (χ1n) is 7.70. The van der Waals surface area contributed by atoms with Gasteiger partial charge in [-0.05, 0) is 18.1 Å². The summed E-state index contributed by atoms with van der Waals surface area (Å²) in [6.45, 7) is 1.75. The zero-order valence-corrected chi connectivity index (χ0v) is 12.6. The van der Waals surface area contributed by atoms with Gasteiger partial charge >= 0.3 is 0 Å². The lowest BCUT2D eigenvalue weighted by atomic mass is 10.1. The van der Waals surface area contributed by atoms with Crippen LogP contribution in [-0.4, -0.2) is 33.4 Å². The maximum Gasteiger partial charge on any atom is 0.242 e. The number of hydrogen-bond acceptors (Lipinski definition) is 2. The Morgan fingerprint density at radius 1 is 1.17 bits per heavy atom. The van der Waals surface area contributed by atoms with Crippen molar-refractivity contribution in [3.05, 3.63) is 54.6 Å². The Morgan fingerprint density at radius 2 is 1.96 bits per heavy atom. The van der Waals surface area contributed by atoms with Gasteiger partial charge in [-0.1, -0.05) is 30.3 Å². The molecule has 4 rings (SSSR count). The lowest BCUT2D eigenvalue weighted by Crippen LogP contribution is -2.43. The van der Waals surface area contributed by atoms with Gasteiger partial charge in [-0.25, -0.2) is 4.39 Å². The van der Waals surface area contributed by atoms with E-state index in [1.165, 1.54) is 6.20 Å². The Kier molecular flexibility index (Phi) is 3.33. The molecule has 4 nitrogen and oxygen atoms in total. The van der Waals surface area contributed by atoms with E-state index >= 15 is 0 Å². The van der Waals surface area contributed by atoms with Crippen molar-refractivity contribution in [2.75, 3.05) is 13.1 Å². The minimum Gasteiger partial charge on any atom is -0.341 e. The number of nitrogens with zero attached hydrogens (tertiary/aromatic N) is 3. The van der Waals surface area contributed by atoms with Crippen LogP contribution in [0, 0.1) is 5.82 Å². The molecule has 1 aliphatic rings. The van der Waals surface area contributed by atoms with Crippen LogP contribution in [0.2, 0.25) is 0 Å². The van der Waals surface area contributed by atoms with Gasteiger partial charge < -0.3 is 9.47 Å². The number of fused-ring (bicyclic) bond motifs is 1. The average Bonchev–Trinajstić information content (AvgIpc) is 2.82. The molecule has 0 atom stereocenters. The fourth-order valence-electron chi connectivity index (χ4n) is 2.85. The molecule has 1 aromatic carbocycles. The molecule has 0 radical (unpaired) electrons. The first-order valence-corrected chi connectivity index (χ1v) is 7.70. The Hall–Kier alpha value is -2.69. The quantitative estimate of drug-likeness (QED) is 0.746. The summed E-state index contributed by atoms with van der Waals surface area (Å²) in [4.78, 5) is 18.2. The summed E-state index contributed by atoms with van der Waals surface area (Å²) in [5, 5.41) is 0. The molecule has 2 aromatic heterocycles. The molecule has 3 heterocycles. The normalized spacial score (nSPS) is 14.0. The zero-order chi connectivity index (χ0) is 15.8. The molecule has 0 spiro atoms. The molecule has 5 heteroatoms. The molecule has 1 saturated heterocycles. The Balaban J connectivity index is 1.74. The second-order valence-electron chi connectivity index (χ2n) is 5.80. The first kappa shape index (κ1) is 13.9. The Morgan fingerprint density at radius 3 is 2.65 bits per heavy atom. The highest BCUT2D eigenvalue weighted by atomic mass is 19.1. The summed E-state index contributed by atoms with van der Waals surface area (Å²) in [5.74, 6) is -0.366. The lowest BCUT2D eigenvalue weighted by Gasteiger charge is -2.31. The summed E-state index contributed by atoms with van der Waals surface area (Å²) < 4.78 is 15.7.